The Labute approximate surface area is 238 Å². The molecule has 2 aliphatic heterocycles. The van der Waals surface area contributed by atoms with Crippen molar-refractivity contribution in [3.63, 3.8) is 0 Å². The zero-order valence-electron chi connectivity index (χ0n) is 23.0. The summed E-state index contributed by atoms with van der Waals surface area (Å²) in [6.45, 7) is 4.43. The molecule has 1 aromatic heterocycles. The number of anilines is 1. The van der Waals surface area contributed by atoms with Gasteiger partial charge in [0.25, 0.3) is 0 Å². The van der Waals surface area contributed by atoms with Gasteiger partial charge in [-0.05, 0) is 42.5 Å². The lowest BCUT2D eigenvalue weighted by Crippen LogP contribution is -2.51. The fraction of sp³-hybridized carbons (Fsp3) is 0.500. The quantitative estimate of drug-likeness (QED) is 0.303. The molecule has 0 bridgehead atoms. The van der Waals surface area contributed by atoms with Gasteiger partial charge in [-0.1, -0.05) is 49.3 Å². The molecule has 2 aliphatic rings. The van der Waals surface area contributed by atoms with Crippen LogP contribution in [0.25, 0.3) is 11.0 Å². The Balaban J connectivity index is 1.35. The predicted octanol–water partition coefficient (Wildman–Crippen LogP) is 2.52. The smallest absolute Gasteiger partial charge is 0.407 e. The number of nitrogens with zero attached hydrogens (tertiary/aromatic N) is 2. The Morgan fingerprint density at radius 2 is 1.98 bits per heavy atom. The molecule has 0 spiro atoms. The fourth-order valence-electron chi connectivity index (χ4n) is 5.28. The van der Waals surface area contributed by atoms with E-state index in [0.717, 1.165) is 12.0 Å². The van der Waals surface area contributed by atoms with Crippen molar-refractivity contribution in [2.24, 2.45) is 11.8 Å². The number of rotatable bonds is 11. The summed E-state index contributed by atoms with van der Waals surface area (Å²) < 4.78 is 50.7. The van der Waals surface area contributed by atoms with E-state index in [2.05, 4.69) is 10.5 Å². The monoisotopic (exact) mass is 588 g/mol. The van der Waals surface area contributed by atoms with E-state index in [9.17, 15) is 18.3 Å². The number of carbonyl (C=O) groups is 1. The highest BCUT2D eigenvalue weighted by atomic mass is 32.2. The summed E-state index contributed by atoms with van der Waals surface area (Å²) in [5, 5.41) is 18.3. The first-order valence-corrected chi connectivity index (χ1v) is 15.1. The standard InChI is InChI=1S/C28H36N4O8S/c1-17(2)14-32(41(35,36)19-8-9-24-21(13-19)26(29)31-40-24)15-23(33)22(12-18-6-4-3-5-7-18)30-28(34)39-25-16-38-27-20(25)10-11-37-27/h3-9,13,17,20,22-23,25,27,33H,10-12,14-16H2,1-2H3,(H2,29,31)(H,30,34)/t20-,22-,23+,25-,27+/m0/s1. The van der Waals surface area contributed by atoms with Crippen molar-refractivity contribution in [2.75, 3.05) is 32.0 Å². The van der Waals surface area contributed by atoms with Crippen LogP contribution in [-0.4, -0.2) is 79.9 Å². The van der Waals surface area contributed by atoms with E-state index >= 15 is 0 Å². The number of aromatic nitrogens is 1. The number of nitrogens with two attached hydrogens (primary N) is 1. The van der Waals surface area contributed by atoms with E-state index in [1.807, 2.05) is 44.2 Å². The second-order valence-electron chi connectivity index (χ2n) is 10.9. The number of alkyl carbamates (subject to hydrolysis) is 1. The molecule has 1 amide bonds. The second-order valence-corrected chi connectivity index (χ2v) is 12.9. The average molecular weight is 589 g/mol. The van der Waals surface area contributed by atoms with Crippen molar-refractivity contribution >= 4 is 32.9 Å². The average Bonchev–Trinajstić information content (AvgIpc) is 3.66. The van der Waals surface area contributed by atoms with Gasteiger partial charge in [0.2, 0.25) is 10.0 Å². The Hall–Kier alpha value is -3.23. The van der Waals surface area contributed by atoms with Crippen LogP contribution in [0.15, 0.2) is 57.9 Å². The fourth-order valence-corrected chi connectivity index (χ4v) is 6.93. The summed E-state index contributed by atoms with van der Waals surface area (Å²) in [6.07, 6.45) is -1.82. The number of nitrogen functional groups attached to an aromatic ring is 1. The number of ether oxygens (including phenoxy) is 3. The lowest BCUT2D eigenvalue weighted by atomic mass is 10.0. The Kier molecular flexibility index (Phi) is 8.80. The van der Waals surface area contributed by atoms with Crippen LogP contribution in [0.1, 0.15) is 25.8 Å². The van der Waals surface area contributed by atoms with Crippen molar-refractivity contribution in [1.82, 2.24) is 14.8 Å². The maximum atomic E-state index is 13.8. The molecule has 2 saturated heterocycles. The minimum absolute atomic E-state index is 0.00528. The summed E-state index contributed by atoms with van der Waals surface area (Å²) in [5.74, 6) is -0.00110. The predicted molar refractivity (Wildman–Crippen MR) is 149 cm³/mol. The van der Waals surface area contributed by atoms with Crippen LogP contribution >= 0.6 is 0 Å². The number of amides is 1. The van der Waals surface area contributed by atoms with E-state index in [4.69, 9.17) is 24.5 Å². The largest absolute Gasteiger partial charge is 0.443 e. The van der Waals surface area contributed by atoms with Crippen molar-refractivity contribution < 1.29 is 37.1 Å². The molecule has 222 valence electrons. The van der Waals surface area contributed by atoms with E-state index in [0.29, 0.717) is 17.6 Å². The number of aliphatic hydroxyl groups excluding tert-OH is 1. The zero-order chi connectivity index (χ0) is 29.1. The number of sulfonamides is 1. The number of fused-ring (bicyclic) bond motifs is 2. The highest BCUT2D eigenvalue weighted by Gasteiger charge is 2.44. The van der Waals surface area contributed by atoms with Gasteiger partial charge in [-0.25, -0.2) is 13.2 Å². The first-order valence-electron chi connectivity index (χ1n) is 13.7. The van der Waals surface area contributed by atoms with Crippen LogP contribution < -0.4 is 11.1 Å². The molecule has 2 fully saturated rings. The molecule has 3 aromatic rings. The molecule has 13 heteroatoms. The van der Waals surface area contributed by atoms with E-state index in [1.54, 1.807) is 0 Å². The number of aliphatic hydroxyl groups is 1. The third-order valence-corrected chi connectivity index (χ3v) is 9.20. The summed E-state index contributed by atoms with van der Waals surface area (Å²) in [5.41, 5.74) is 7.08. The third kappa shape index (κ3) is 6.65. The molecular weight excluding hydrogens is 552 g/mol. The molecule has 0 radical (unpaired) electrons. The molecule has 5 atom stereocenters. The lowest BCUT2D eigenvalue weighted by molar-refractivity contribution is -0.0907. The van der Waals surface area contributed by atoms with Gasteiger partial charge in [-0.3, -0.25) is 0 Å². The number of benzene rings is 2. The van der Waals surface area contributed by atoms with Gasteiger partial charge in [0.1, 0.15) is 6.10 Å². The molecule has 41 heavy (non-hydrogen) atoms. The molecule has 4 N–H and O–H groups in total. The highest BCUT2D eigenvalue weighted by molar-refractivity contribution is 7.89. The van der Waals surface area contributed by atoms with Gasteiger partial charge in [0.05, 0.1) is 41.6 Å². The lowest BCUT2D eigenvalue weighted by Gasteiger charge is -2.31. The van der Waals surface area contributed by atoms with Crippen molar-refractivity contribution in [3.05, 3.63) is 54.1 Å². The van der Waals surface area contributed by atoms with Gasteiger partial charge < -0.3 is 34.9 Å². The van der Waals surface area contributed by atoms with E-state index in [-0.39, 0.29) is 55.0 Å². The summed E-state index contributed by atoms with van der Waals surface area (Å²) in [6, 6.07) is 12.8. The first kappa shape index (κ1) is 29.3. The molecule has 0 saturated carbocycles. The van der Waals surface area contributed by atoms with Gasteiger partial charge in [0.15, 0.2) is 17.7 Å². The molecule has 12 nitrogen and oxygen atoms in total. The van der Waals surface area contributed by atoms with Crippen LogP contribution in [0.5, 0.6) is 0 Å². The van der Waals surface area contributed by atoms with Gasteiger partial charge >= 0.3 is 6.09 Å². The van der Waals surface area contributed by atoms with Crippen LogP contribution in [-0.2, 0) is 30.7 Å². The highest BCUT2D eigenvalue weighted by Crippen LogP contribution is 2.33. The SMILES string of the molecule is CC(C)CN(C[C@@H](O)[C@H](Cc1ccccc1)NC(=O)O[C@H]1CO[C@H]2OCC[C@H]21)S(=O)(=O)c1ccc2onc(N)c2c1. The Morgan fingerprint density at radius 3 is 2.73 bits per heavy atom. The Morgan fingerprint density at radius 1 is 1.20 bits per heavy atom. The first-order chi connectivity index (χ1) is 19.6. The van der Waals surface area contributed by atoms with Crippen LogP contribution in [0.2, 0.25) is 0 Å². The number of nitrogens with one attached hydrogen (secondary N) is 1. The van der Waals surface area contributed by atoms with Gasteiger partial charge in [-0.15, -0.1) is 0 Å². The maximum absolute atomic E-state index is 13.8. The molecule has 2 aromatic carbocycles. The van der Waals surface area contributed by atoms with Crippen molar-refractivity contribution in [2.45, 2.75) is 56.1 Å². The minimum Gasteiger partial charge on any atom is -0.443 e. The number of carbonyl (C=O) groups excluding carboxylic acids is 1. The minimum atomic E-state index is -4.07. The van der Waals surface area contributed by atoms with Crippen LogP contribution in [0.3, 0.4) is 0 Å². The topological polar surface area (TPSA) is 166 Å². The summed E-state index contributed by atoms with van der Waals surface area (Å²) in [4.78, 5) is 13.0. The van der Waals surface area contributed by atoms with Crippen LogP contribution in [0, 0.1) is 11.8 Å². The normalized spacial score (nSPS) is 22.2. The molecule has 0 unspecified atom stereocenters. The summed E-state index contributed by atoms with van der Waals surface area (Å²) in [7, 11) is -4.07. The maximum Gasteiger partial charge on any atom is 0.407 e. The van der Waals surface area contributed by atoms with Crippen molar-refractivity contribution in [3.8, 4) is 0 Å². The second kappa shape index (κ2) is 12.3. The van der Waals surface area contributed by atoms with Crippen molar-refractivity contribution in [1.29, 1.82) is 0 Å². The van der Waals surface area contributed by atoms with Gasteiger partial charge in [0, 0.05) is 13.1 Å². The molecule has 3 heterocycles. The molecule has 5 rings (SSSR count). The summed E-state index contributed by atoms with van der Waals surface area (Å²) >= 11 is 0. The van der Waals surface area contributed by atoms with E-state index in [1.165, 1.54) is 22.5 Å². The number of hydrogen-bond donors (Lipinski definition) is 3. The third-order valence-electron chi connectivity index (χ3n) is 7.38. The molecule has 0 aliphatic carbocycles. The van der Waals surface area contributed by atoms with E-state index < -0.39 is 34.4 Å². The molecular formula is C28H36N4O8S. The van der Waals surface area contributed by atoms with Crippen LogP contribution in [0.4, 0.5) is 10.6 Å². The Bertz CT molecular complexity index is 1450. The van der Waals surface area contributed by atoms with Gasteiger partial charge in [-0.2, -0.15) is 4.31 Å². The zero-order valence-corrected chi connectivity index (χ0v) is 23.8. The number of hydrogen-bond acceptors (Lipinski definition) is 10.